The van der Waals surface area contributed by atoms with Crippen LogP contribution >= 0.6 is 15.9 Å². The fraction of sp³-hybridized carbons (Fsp3) is 0.0476. The van der Waals surface area contributed by atoms with Crippen molar-refractivity contribution < 1.29 is 9.59 Å². The van der Waals surface area contributed by atoms with Gasteiger partial charge in [0.05, 0.1) is 17.8 Å². The molecule has 0 heterocycles. The molecular weight excluding hydrogens is 406 g/mol. The number of rotatable bonds is 6. The Hall–Kier alpha value is -3.12. The van der Waals surface area contributed by atoms with E-state index in [4.69, 9.17) is 0 Å². The minimum absolute atomic E-state index is 0.0884. The minimum atomic E-state index is -0.281. The highest BCUT2D eigenvalue weighted by Crippen LogP contribution is 2.18. The predicted octanol–water partition coefficient (Wildman–Crippen LogP) is 4.75. The molecule has 0 spiro atoms. The van der Waals surface area contributed by atoms with Crippen molar-refractivity contribution in [3.05, 3.63) is 88.9 Å². The van der Waals surface area contributed by atoms with Crippen LogP contribution in [0.4, 0.5) is 17.1 Å². The van der Waals surface area contributed by atoms with Gasteiger partial charge in [0.1, 0.15) is 0 Å². The van der Waals surface area contributed by atoms with Crippen LogP contribution in [0.25, 0.3) is 0 Å². The summed E-state index contributed by atoms with van der Waals surface area (Å²) in [6.45, 7) is 0.0884. The largest absolute Gasteiger partial charge is 0.376 e. The highest BCUT2D eigenvalue weighted by atomic mass is 79.9. The van der Waals surface area contributed by atoms with Gasteiger partial charge >= 0.3 is 0 Å². The number of nitrogens with one attached hydrogen (secondary N) is 3. The van der Waals surface area contributed by atoms with Gasteiger partial charge in [-0.25, -0.2) is 0 Å². The van der Waals surface area contributed by atoms with E-state index in [1.165, 1.54) is 0 Å². The lowest BCUT2D eigenvalue weighted by Gasteiger charge is -2.12. The Balaban J connectivity index is 1.64. The summed E-state index contributed by atoms with van der Waals surface area (Å²) in [6.07, 6.45) is 0. The molecule has 0 aromatic heterocycles. The van der Waals surface area contributed by atoms with Crippen LogP contribution in [0.15, 0.2) is 83.3 Å². The summed E-state index contributed by atoms with van der Waals surface area (Å²) in [4.78, 5) is 24.8. The number of anilines is 3. The number of carbonyl (C=O) groups is 2. The van der Waals surface area contributed by atoms with E-state index in [-0.39, 0.29) is 18.4 Å². The molecule has 0 fully saturated rings. The Morgan fingerprint density at radius 2 is 1.48 bits per heavy atom. The second-order valence-corrected chi connectivity index (χ2v) is 6.69. The molecule has 0 radical (unpaired) electrons. The topological polar surface area (TPSA) is 70.2 Å². The van der Waals surface area contributed by atoms with E-state index < -0.39 is 0 Å². The molecular formula is C21H18BrN3O2. The molecule has 0 saturated carbocycles. The molecule has 136 valence electrons. The van der Waals surface area contributed by atoms with Crippen molar-refractivity contribution in [2.45, 2.75) is 0 Å². The number of amides is 2. The lowest BCUT2D eigenvalue weighted by Crippen LogP contribution is -2.23. The first-order valence-electron chi connectivity index (χ1n) is 8.36. The van der Waals surface area contributed by atoms with E-state index >= 15 is 0 Å². The summed E-state index contributed by atoms with van der Waals surface area (Å²) in [5, 5.41) is 8.66. The number of benzene rings is 3. The number of carbonyl (C=O) groups excluding carboxylic acids is 2. The quantitative estimate of drug-likeness (QED) is 0.535. The van der Waals surface area contributed by atoms with E-state index in [0.29, 0.717) is 16.9 Å². The lowest BCUT2D eigenvalue weighted by atomic mass is 10.1. The van der Waals surface area contributed by atoms with Crippen molar-refractivity contribution >= 4 is 44.8 Å². The maximum atomic E-state index is 12.5. The van der Waals surface area contributed by atoms with Gasteiger partial charge < -0.3 is 16.0 Å². The van der Waals surface area contributed by atoms with Crippen molar-refractivity contribution in [3.63, 3.8) is 0 Å². The van der Waals surface area contributed by atoms with Crippen LogP contribution in [0.5, 0.6) is 0 Å². The van der Waals surface area contributed by atoms with Crippen molar-refractivity contribution in [2.24, 2.45) is 0 Å². The molecule has 2 amide bonds. The molecule has 5 nitrogen and oxygen atoms in total. The Kier molecular flexibility index (Phi) is 6.22. The SMILES string of the molecule is O=C(CNc1cccc(Br)c1)Nc1ccccc1C(=O)Nc1ccccc1. The first-order chi connectivity index (χ1) is 13.1. The Bertz CT molecular complexity index is 945. The molecule has 3 aromatic carbocycles. The zero-order valence-electron chi connectivity index (χ0n) is 14.4. The number of para-hydroxylation sites is 2. The Labute approximate surface area is 165 Å². The van der Waals surface area contributed by atoms with Crippen LogP contribution in [0.2, 0.25) is 0 Å². The highest BCUT2D eigenvalue weighted by molar-refractivity contribution is 9.10. The van der Waals surface area contributed by atoms with Crippen LogP contribution in [-0.2, 0) is 4.79 Å². The third-order valence-corrected chi connectivity index (χ3v) is 4.25. The van der Waals surface area contributed by atoms with Gasteiger partial charge in [0.25, 0.3) is 5.91 Å². The van der Waals surface area contributed by atoms with Crippen LogP contribution < -0.4 is 16.0 Å². The molecule has 6 heteroatoms. The summed E-state index contributed by atoms with van der Waals surface area (Å²) >= 11 is 3.39. The van der Waals surface area contributed by atoms with Crippen LogP contribution in [0.3, 0.4) is 0 Å². The number of hydrogen-bond donors (Lipinski definition) is 3. The molecule has 0 aliphatic heterocycles. The van der Waals surface area contributed by atoms with E-state index in [2.05, 4.69) is 31.9 Å². The van der Waals surface area contributed by atoms with Crippen molar-refractivity contribution in [2.75, 3.05) is 22.5 Å². The van der Waals surface area contributed by atoms with Gasteiger partial charge in [-0.15, -0.1) is 0 Å². The van der Waals surface area contributed by atoms with Gasteiger partial charge in [0, 0.05) is 15.8 Å². The maximum Gasteiger partial charge on any atom is 0.257 e. The highest BCUT2D eigenvalue weighted by Gasteiger charge is 2.13. The summed E-state index contributed by atoms with van der Waals surface area (Å²) in [7, 11) is 0. The summed E-state index contributed by atoms with van der Waals surface area (Å²) in [5.74, 6) is -0.521. The third kappa shape index (κ3) is 5.43. The predicted molar refractivity (Wildman–Crippen MR) is 112 cm³/mol. The first-order valence-corrected chi connectivity index (χ1v) is 9.16. The van der Waals surface area contributed by atoms with E-state index in [0.717, 1.165) is 10.2 Å². The van der Waals surface area contributed by atoms with Crippen molar-refractivity contribution in [1.82, 2.24) is 0 Å². The molecule has 0 bridgehead atoms. The van der Waals surface area contributed by atoms with E-state index in [1.807, 2.05) is 42.5 Å². The van der Waals surface area contributed by atoms with Crippen molar-refractivity contribution in [1.29, 1.82) is 0 Å². The third-order valence-electron chi connectivity index (χ3n) is 3.76. The van der Waals surface area contributed by atoms with E-state index in [9.17, 15) is 9.59 Å². The molecule has 3 aromatic rings. The normalized spacial score (nSPS) is 10.1. The first kappa shape index (κ1) is 18.7. The molecule has 3 N–H and O–H groups in total. The molecule has 0 unspecified atom stereocenters. The summed E-state index contributed by atoms with van der Waals surface area (Å²) in [5.41, 5.74) is 2.39. The van der Waals surface area contributed by atoms with Gasteiger partial charge in [-0.3, -0.25) is 9.59 Å². The zero-order valence-corrected chi connectivity index (χ0v) is 16.0. The average Bonchev–Trinajstić information content (AvgIpc) is 2.68. The summed E-state index contributed by atoms with van der Waals surface area (Å²) < 4.78 is 0.927. The summed E-state index contributed by atoms with van der Waals surface area (Å²) in [6, 6.07) is 23.6. The van der Waals surface area contributed by atoms with Crippen LogP contribution in [0.1, 0.15) is 10.4 Å². The van der Waals surface area contributed by atoms with Crippen LogP contribution in [-0.4, -0.2) is 18.4 Å². The van der Waals surface area contributed by atoms with Crippen LogP contribution in [0, 0.1) is 0 Å². The van der Waals surface area contributed by atoms with Gasteiger partial charge in [0.15, 0.2) is 0 Å². The number of hydrogen-bond acceptors (Lipinski definition) is 3. The molecule has 0 aliphatic carbocycles. The van der Waals surface area contributed by atoms with Gasteiger partial charge in [-0.1, -0.05) is 52.3 Å². The zero-order chi connectivity index (χ0) is 19.1. The second kappa shape index (κ2) is 9.00. The molecule has 27 heavy (non-hydrogen) atoms. The fourth-order valence-electron chi connectivity index (χ4n) is 2.49. The smallest absolute Gasteiger partial charge is 0.257 e. The standard InChI is InChI=1S/C21H18BrN3O2/c22-15-7-6-10-17(13-15)23-14-20(26)25-19-12-5-4-11-18(19)21(27)24-16-8-2-1-3-9-16/h1-13,23H,14H2,(H,24,27)(H,25,26). The molecule has 3 rings (SSSR count). The Morgan fingerprint density at radius 1 is 0.778 bits per heavy atom. The maximum absolute atomic E-state index is 12.5. The minimum Gasteiger partial charge on any atom is -0.376 e. The average molecular weight is 424 g/mol. The molecule has 0 aliphatic rings. The molecule has 0 atom stereocenters. The molecule has 0 saturated heterocycles. The second-order valence-electron chi connectivity index (χ2n) is 5.78. The van der Waals surface area contributed by atoms with Gasteiger partial charge in [0.2, 0.25) is 5.91 Å². The monoisotopic (exact) mass is 423 g/mol. The lowest BCUT2D eigenvalue weighted by molar-refractivity contribution is -0.114. The van der Waals surface area contributed by atoms with Gasteiger partial charge in [-0.05, 0) is 42.5 Å². The number of halogens is 1. The fourth-order valence-corrected chi connectivity index (χ4v) is 2.88. The Morgan fingerprint density at radius 3 is 2.26 bits per heavy atom. The van der Waals surface area contributed by atoms with Crippen molar-refractivity contribution in [3.8, 4) is 0 Å². The van der Waals surface area contributed by atoms with Gasteiger partial charge in [-0.2, -0.15) is 0 Å². The van der Waals surface area contributed by atoms with E-state index in [1.54, 1.807) is 36.4 Å².